The molecular weight excluding hydrogens is 342 g/mol. The first-order valence-corrected chi connectivity index (χ1v) is 9.64. The van der Waals surface area contributed by atoms with Gasteiger partial charge in [0.2, 0.25) is 0 Å². The molecule has 0 fully saturated rings. The average molecular weight is 363 g/mol. The van der Waals surface area contributed by atoms with Gasteiger partial charge in [-0.3, -0.25) is 4.79 Å². The summed E-state index contributed by atoms with van der Waals surface area (Å²) in [5, 5.41) is 0. The van der Waals surface area contributed by atoms with Gasteiger partial charge >= 0.3 is 0 Å². The van der Waals surface area contributed by atoms with Gasteiger partial charge in [0, 0.05) is 28.2 Å². The first kappa shape index (κ1) is 16.9. The zero-order valence-electron chi connectivity index (χ0n) is 15.2. The zero-order chi connectivity index (χ0) is 18.3. The van der Waals surface area contributed by atoms with Crippen molar-refractivity contribution in [2.24, 2.45) is 0 Å². The topological polar surface area (TPSA) is 29.5 Å². The van der Waals surface area contributed by atoms with Crippen LogP contribution < -0.4 is 9.64 Å². The summed E-state index contributed by atoms with van der Waals surface area (Å²) in [6, 6.07) is 16.2. The molecule has 4 rings (SSSR count). The molecule has 1 aliphatic rings. The van der Waals surface area contributed by atoms with E-state index in [1.807, 2.05) is 55.1 Å². The van der Waals surface area contributed by atoms with Crippen LogP contribution in [0.4, 0.5) is 5.69 Å². The Morgan fingerprint density at radius 3 is 2.73 bits per heavy atom. The summed E-state index contributed by atoms with van der Waals surface area (Å²) in [4.78, 5) is 17.0. The maximum Gasteiger partial charge on any atom is 0.268 e. The summed E-state index contributed by atoms with van der Waals surface area (Å²) in [5.74, 6) is 0.956. The van der Waals surface area contributed by atoms with E-state index < -0.39 is 0 Å². The van der Waals surface area contributed by atoms with Crippen LogP contribution in [0.25, 0.3) is 10.4 Å². The maximum absolute atomic E-state index is 13.2. The summed E-state index contributed by atoms with van der Waals surface area (Å²) >= 11 is 1.57. The van der Waals surface area contributed by atoms with Crippen LogP contribution in [0.2, 0.25) is 0 Å². The summed E-state index contributed by atoms with van der Waals surface area (Å²) in [7, 11) is 0. The molecule has 0 spiro atoms. The Labute approximate surface area is 157 Å². The second-order valence-corrected chi connectivity index (χ2v) is 7.64. The number of carbonyl (C=O) groups is 1. The lowest BCUT2D eigenvalue weighted by atomic mass is 10.0. The molecule has 0 saturated carbocycles. The predicted molar refractivity (Wildman–Crippen MR) is 107 cm³/mol. The summed E-state index contributed by atoms with van der Waals surface area (Å²) in [6.45, 7) is 7.30. The van der Waals surface area contributed by atoms with Crippen molar-refractivity contribution in [2.75, 3.05) is 11.4 Å². The fourth-order valence-electron chi connectivity index (χ4n) is 3.43. The number of nitrogens with zero attached hydrogens (tertiary/aromatic N) is 1. The number of fused-ring (bicyclic) bond motifs is 3. The molecule has 3 aromatic rings. The monoisotopic (exact) mass is 363 g/mol. The van der Waals surface area contributed by atoms with Gasteiger partial charge in [-0.25, -0.2) is 0 Å². The maximum atomic E-state index is 13.2. The van der Waals surface area contributed by atoms with Gasteiger partial charge in [-0.05, 0) is 56.2 Å². The number of carbonyl (C=O) groups excluding carboxylic acids is 1. The van der Waals surface area contributed by atoms with Gasteiger partial charge in [-0.1, -0.05) is 24.3 Å². The largest absolute Gasteiger partial charge is 0.488 e. The highest BCUT2D eigenvalue weighted by atomic mass is 32.1. The Kier molecular flexibility index (Phi) is 4.29. The normalized spacial score (nSPS) is 12.1. The van der Waals surface area contributed by atoms with Gasteiger partial charge in [0.05, 0.1) is 4.88 Å². The van der Waals surface area contributed by atoms with Crippen molar-refractivity contribution in [3.63, 3.8) is 0 Å². The van der Waals surface area contributed by atoms with Gasteiger partial charge in [0.1, 0.15) is 12.4 Å². The highest BCUT2D eigenvalue weighted by molar-refractivity contribution is 7.17. The molecule has 0 atom stereocenters. The number of benzene rings is 2. The SMILES string of the molecule is CCN(C(=O)c1cc2c(s1)-c1c(C)cccc1OC2)c1cccc(C)c1. The molecule has 3 nitrogen and oxygen atoms in total. The average Bonchev–Trinajstić information content (AvgIpc) is 3.07. The van der Waals surface area contributed by atoms with E-state index in [0.29, 0.717) is 13.2 Å². The number of thiophene rings is 1. The van der Waals surface area contributed by atoms with E-state index in [-0.39, 0.29) is 5.91 Å². The van der Waals surface area contributed by atoms with Gasteiger partial charge < -0.3 is 9.64 Å². The van der Waals surface area contributed by atoms with Crippen molar-refractivity contribution in [1.82, 2.24) is 0 Å². The standard InChI is InChI=1S/C22H21NO2S/c1-4-23(17-9-5-7-14(2)11-17)22(24)19-12-16-13-25-18-10-6-8-15(3)20(18)21(16)26-19/h5-12H,4,13H2,1-3H3. The number of rotatable bonds is 3. The van der Waals surface area contributed by atoms with Crippen LogP contribution in [0.15, 0.2) is 48.5 Å². The molecule has 4 heteroatoms. The van der Waals surface area contributed by atoms with Gasteiger partial charge in [0.25, 0.3) is 5.91 Å². The molecule has 0 N–H and O–H groups in total. The number of ether oxygens (including phenoxy) is 1. The molecular formula is C22H21NO2S. The van der Waals surface area contributed by atoms with E-state index in [1.165, 1.54) is 5.56 Å². The number of hydrogen-bond acceptors (Lipinski definition) is 3. The quantitative estimate of drug-likeness (QED) is 0.607. The molecule has 0 aliphatic carbocycles. The van der Waals surface area contributed by atoms with Gasteiger partial charge in [0.15, 0.2) is 0 Å². The van der Waals surface area contributed by atoms with E-state index in [2.05, 4.69) is 19.1 Å². The van der Waals surface area contributed by atoms with Crippen molar-refractivity contribution in [3.05, 3.63) is 70.1 Å². The van der Waals surface area contributed by atoms with Crippen LogP contribution in [0.5, 0.6) is 5.75 Å². The minimum Gasteiger partial charge on any atom is -0.488 e. The van der Waals surface area contributed by atoms with Crippen molar-refractivity contribution in [2.45, 2.75) is 27.4 Å². The molecule has 1 aromatic heterocycles. The number of amides is 1. The Hall–Kier alpha value is -2.59. The van der Waals surface area contributed by atoms with Crippen LogP contribution in [0.3, 0.4) is 0 Å². The number of hydrogen-bond donors (Lipinski definition) is 0. The molecule has 0 radical (unpaired) electrons. The second kappa shape index (κ2) is 6.61. The fraction of sp³-hybridized carbons (Fsp3) is 0.227. The molecule has 1 aliphatic heterocycles. The Bertz CT molecular complexity index is 990. The predicted octanol–water partition coefficient (Wildman–Crippen LogP) is 5.59. The first-order chi connectivity index (χ1) is 12.6. The van der Waals surface area contributed by atoms with Crippen LogP contribution in [-0.4, -0.2) is 12.5 Å². The van der Waals surface area contributed by atoms with Gasteiger partial charge in [-0.15, -0.1) is 11.3 Å². The molecule has 1 amide bonds. The van der Waals surface area contributed by atoms with E-state index >= 15 is 0 Å². The summed E-state index contributed by atoms with van der Waals surface area (Å²) < 4.78 is 5.89. The Morgan fingerprint density at radius 1 is 1.15 bits per heavy atom. The molecule has 0 bridgehead atoms. The van der Waals surface area contributed by atoms with Crippen molar-refractivity contribution in [1.29, 1.82) is 0 Å². The first-order valence-electron chi connectivity index (χ1n) is 8.82. The number of anilines is 1. The smallest absolute Gasteiger partial charge is 0.268 e. The Balaban J connectivity index is 1.74. The van der Waals surface area contributed by atoms with Crippen molar-refractivity contribution in [3.8, 4) is 16.2 Å². The third-order valence-electron chi connectivity index (χ3n) is 4.74. The van der Waals surface area contributed by atoms with Gasteiger partial charge in [-0.2, -0.15) is 0 Å². The van der Waals surface area contributed by atoms with Crippen LogP contribution in [0, 0.1) is 13.8 Å². The minimum absolute atomic E-state index is 0.0487. The van der Waals surface area contributed by atoms with Crippen LogP contribution in [0.1, 0.15) is 33.3 Å². The van der Waals surface area contributed by atoms with Crippen LogP contribution in [-0.2, 0) is 6.61 Å². The minimum atomic E-state index is 0.0487. The lowest BCUT2D eigenvalue weighted by Crippen LogP contribution is -2.30. The molecule has 0 unspecified atom stereocenters. The lowest BCUT2D eigenvalue weighted by molar-refractivity contribution is 0.0992. The lowest BCUT2D eigenvalue weighted by Gasteiger charge is -2.20. The Morgan fingerprint density at radius 2 is 1.96 bits per heavy atom. The second-order valence-electron chi connectivity index (χ2n) is 6.59. The zero-order valence-corrected chi connectivity index (χ0v) is 16.0. The van der Waals surface area contributed by atoms with Crippen LogP contribution >= 0.6 is 11.3 Å². The molecule has 26 heavy (non-hydrogen) atoms. The van der Waals surface area contributed by atoms with Crippen molar-refractivity contribution >= 4 is 22.9 Å². The van der Waals surface area contributed by atoms with E-state index in [4.69, 9.17) is 4.74 Å². The highest BCUT2D eigenvalue weighted by Gasteiger charge is 2.26. The molecule has 2 heterocycles. The summed E-state index contributed by atoms with van der Waals surface area (Å²) in [6.07, 6.45) is 0. The van der Waals surface area contributed by atoms with E-state index in [9.17, 15) is 4.79 Å². The van der Waals surface area contributed by atoms with E-state index in [0.717, 1.165) is 37.9 Å². The molecule has 0 saturated heterocycles. The molecule has 2 aromatic carbocycles. The summed E-state index contributed by atoms with van der Waals surface area (Å²) in [5.41, 5.74) is 5.49. The third kappa shape index (κ3) is 2.80. The van der Waals surface area contributed by atoms with Crippen molar-refractivity contribution < 1.29 is 9.53 Å². The highest BCUT2D eigenvalue weighted by Crippen LogP contribution is 2.44. The number of aryl methyl sites for hydroxylation is 2. The fourth-order valence-corrected chi connectivity index (χ4v) is 4.66. The van der Waals surface area contributed by atoms with E-state index in [1.54, 1.807) is 11.3 Å². The third-order valence-corrected chi connectivity index (χ3v) is 5.92. The molecule has 132 valence electrons.